The van der Waals surface area contributed by atoms with Crippen molar-refractivity contribution in [3.05, 3.63) is 265 Å². The van der Waals surface area contributed by atoms with E-state index < -0.39 is 10.8 Å². The first-order valence-electron chi connectivity index (χ1n) is 30.4. The van der Waals surface area contributed by atoms with Crippen molar-refractivity contribution in [2.75, 3.05) is 9.80 Å². The number of thiophene rings is 2. The summed E-state index contributed by atoms with van der Waals surface area (Å²) in [6.45, 7) is 30.4. The number of aryl methyl sites for hydroxylation is 1. The van der Waals surface area contributed by atoms with Crippen LogP contribution in [0.5, 0.6) is 0 Å². The average Bonchev–Trinajstić information content (AvgIpc) is 1.42. The van der Waals surface area contributed by atoms with Gasteiger partial charge in [0, 0.05) is 53.1 Å². The van der Waals surface area contributed by atoms with Crippen molar-refractivity contribution in [3.63, 3.8) is 0 Å². The molecule has 0 atom stereocenters. The van der Waals surface area contributed by atoms with Crippen molar-refractivity contribution in [1.82, 2.24) is 0 Å². The molecule has 2 spiro atoms. The number of hydrogen-bond donors (Lipinski definition) is 0. The first kappa shape index (κ1) is 51.9. The van der Waals surface area contributed by atoms with E-state index in [9.17, 15) is 0 Å². The predicted octanol–water partition coefficient (Wildman–Crippen LogP) is 19.6. The molecule has 5 aliphatic rings. The van der Waals surface area contributed by atoms with E-state index in [0.29, 0.717) is 0 Å². The molecule has 2 aliphatic heterocycles. The van der Waals surface area contributed by atoms with Crippen molar-refractivity contribution >= 4 is 89.3 Å². The molecule has 0 unspecified atom stereocenters. The normalized spacial score (nSPS) is 17.8. The van der Waals surface area contributed by atoms with Crippen molar-refractivity contribution in [2.45, 2.75) is 122 Å². The summed E-state index contributed by atoms with van der Waals surface area (Å²) in [6, 6.07) is 77.3. The van der Waals surface area contributed by atoms with Crippen LogP contribution in [0.2, 0.25) is 0 Å². The van der Waals surface area contributed by atoms with Gasteiger partial charge in [0.15, 0.2) is 0 Å². The van der Waals surface area contributed by atoms with Gasteiger partial charge in [0.05, 0.1) is 16.5 Å². The Hall–Kier alpha value is -7.70. The lowest BCUT2D eigenvalue weighted by atomic mass is 9.36. The third kappa shape index (κ3) is 6.86. The Morgan fingerprint density at radius 2 is 0.821 bits per heavy atom. The third-order valence-corrected chi connectivity index (χ3v) is 22.2. The maximum Gasteiger partial charge on any atom is 0.264 e. The third-order valence-electron chi connectivity index (χ3n) is 19.8. The second-order valence-electron chi connectivity index (χ2n) is 28.9. The number of benzene rings is 9. The number of hydrogen-bond acceptors (Lipinski definition) is 4. The van der Waals surface area contributed by atoms with Crippen LogP contribution >= 0.6 is 22.7 Å². The topological polar surface area (TPSA) is 6.48 Å². The Labute approximate surface area is 505 Å². The Bertz CT molecular complexity index is 4570. The summed E-state index contributed by atoms with van der Waals surface area (Å²) >= 11 is 4.01. The molecule has 0 saturated carbocycles. The molecule has 2 aromatic heterocycles. The predicted molar refractivity (Wildman–Crippen MR) is 361 cm³/mol. The van der Waals surface area contributed by atoms with Crippen LogP contribution in [0.25, 0.3) is 32.3 Å². The molecule has 0 radical (unpaired) electrons. The van der Waals surface area contributed by atoms with E-state index in [4.69, 9.17) is 0 Å². The van der Waals surface area contributed by atoms with Gasteiger partial charge < -0.3 is 9.80 Å². The Morgan fingerprint density at radius 1 is 0.369 bits per heavy atom. The zero-order valence-electron chi connectivity index (χ0n) is 50.8. The lowest BCUT2D eigenvalue weighted by Crippen LogP contribution is -2.60. The van der Waals surface area contributed by atoms with Gasteiger partial charge in [-0.3, -0.25) is 0 Å². The molecule has 16 rings (SSSR count). The Balaban J connectivity index is 1.01. The van der Waals surface area contributed by atoms with Gasteiger partial charge in [-0.05, 0) is 184 Å². The summed E-state index contributed by atoms with van der Waals surface area (Å²) < 4.78 is 2.71. The number of anilines is 6. The highest BCUT2D eigenvalue weighted by Gasteiger charge is 2.60. The SMILES string of the molecule is Cc1cc2c(s1)C1(c3ccccc3-2)c2ccccc2C2(c3ccccc3-c3cc4c5c(sc4cc32)B2c3ccc(C(C)(C)C)cc3N(c3ccc(C(C)(C)C)cc3)c3cc(C(C)(C)C)cc(c32)N5c2ccc(C(C)(C)C)cc2)c2ccccc21. The van der Waals surface area contributed by atoms with Crippen molar-refractivity contribution < 1.29 is 0 Å². The van der Waals surface area contributed by atoms with E-state index in [2.05, 4.69) is 294 Å². The van der Waals surface area contributed by atoms with Crippen LogP contribution in [0.4, 0.5) is 34.1 Å². The summed E-state index contributed by atoms with van der Waals surface area (Å²) in [6.07, 6.45) is 0. The zero-order valence-corrected chi connectivity index (χ0v) is 52.4. The lowest BCUT2D eigenvalue weighted by Gasteiger charge is -2.48. The number of rotatable bonds is 2. The molecule has 84 heavy (non-hydrogen) atoms. The molecule has 0 fully saturated rings. The van der Waals surface area contributed by atoms with Crippen molar-refractivity contribution in [2.24, 2.45) is 0 Å². The van der Waals surface area contributed by atoms with Crippen LogP contribution in [0.15, 0.2) is 194 Å². The van der Waals surface area contributed by atoms with Crippen LogP contribution in [-0.2, 0) is 32.5 Å². The van der Waals surface area contributed by atoms with Crippen molar-refractivity contribution in [1.29, 1.82) is 0 Å². The molecular weight excluding hydrogens is 1050 g/mol. The van der Waals surface area contributed by atoms with Crippen LogP contribution in [0.3, 0.4) is 0 Å². The highest BCUT2D eigenvalue weighted by Crippen LogP contribution is 2.69. The quantitative estimate of drug-likeness (QED) is 0.159. The van der Waals surface area contributed by atoms with Crippen LogP contribution in [0, 0.1) is 6.92 Å². The molecule has 4 heterocycles. The van der Waals surface area contributed by atoms with Crippen LogP contribution in [-0.4, -0.2) is 6.71 Å². The highest BCUT2D eigenvalue weighted by molar-refractivity contribution is 7.33. The molecular formula is C79H71BN2S2. The molecule has 3 aliphatic carbocycles. The van der Waals surface area contributed by atoms with Gasteiger partial charge in [-0.1, -0.05) is 217 Å². The van der Waals surface area contributed by atoms with E-state index >= 15 is 0 Å². The fraction of sp³-hybridized carbons (Fsp3) is 0.241. The van der Waals surface area contributed by atoms with Gasteiger partial charge in [0.1, 0.15) is 0 Å². The van der Waals surface area contributed by atoms with E-state index in [0.717, 1.165) is 0 Å². The summed E-state index contributed by atoms with van der Waals surface area (Å²) in [4.78, 5) is 8.11. The Morgan fingerprint density at radius 3 is 1.37 bits per heavy atom. The summed E-state index contributed by atoms with van der Waals surface area (Å²) in [5.41, 5.74) is 29.3. The molecule has 0 bridgehead atoms. The smallest absolute Gasteiger partial charge is 0.264 e. The molecule has 5 heteroatoms. The van der Waals surface area contributed by atoms with Gasteiger partial charge in [-0.2, -0.15) is 0 Å². The van der Waals surface area contributed by atoms with Crippen LogP contribution < -0.4 is 25.5 Å². The number of nitrogens with zero attached hydrogens (tertiary/aromatic N) is 2. The summed E-state index contributed by atoms with van der Waals surface area (Å²) in [5.74, 6) is 0. The fourth-order valence-electron chi connectivity index (χ4n) is 15.8. The maximum absolute atomic E-state index is 2.69. The zero-order chi connectivity index (χ0) is 57.9. The van der Waals surface area contributed by atoms with E-state index in [-0.39, 0.29) is 28.4 Å². The standard InChI is InChI=1S/C79H71BN2S2/c1-46-40-56-54-23-15-17-25-59(54)79(72(56)83-46)62-28-20-18-26-60(62)78(61-27-19-21-29-63(61)79)58-24-16-14-22-53(58)55-44-57-69(45-64(55)78)84-73-71(57)82(52-37-32-48(33-38-52)75(5,6)7)68-43-50(77(11,12)13)42-67-70(68)80(73)65-39-34-49(76(8,9)10)41-66(65)81(67)51-35-30-47(31-36-51)74(2,3)4/h14-45H,1-13H3. The molecule has 11 aromatic rings. The molecule has 0 saturated heterocycles. The fourth-order valence-corrected chi connectivity index (χ4v) is 18.4. The van der Waals surface area contributed by atoms with E-state index in [1.54, 1.807) is 0 Å². The molecule has 2 nitrogen and oxygen atoms in total. The van der Waals surface area contributed by atoms with Gasteiger partial charge in [0.2, 0.25) is 0 Å². The first-order chi connectivity index (χ1) is 40.1. The van der Waals surface area contributed by atoms with Gasteiger partial charge in [-0.25, -0.2) is 0 Å². The second kappa shape index (κ2) is 17.2. The molecule has 0 N–H and O–H groups in total. The van der Waals surface area contributed by atoms with Crippen molar-refractivity contribution in [3.8, 4) is 22.3 Å². The Kier molecular flexibility index (Phi) is 10.7. The van der Waals surface area contributed by atoms with Gasteiger partial charge >= 0.3 is 0 Å². The molecule has 412 valence electrons. The minimum absolute atomic E-state index is 0.00178. The minimum atomic E-state index is -0.586. The number of fused-ring (bicyclic) bond motifs is 22. The summed E-state index contributed by atoms with van der Waals surface area (Å²) in [5, 5.41) is 1.30. The molecule has 9 aromatic carbocycles. The maximum atomic E-state index is 2.69. The van der Waals surface area contributed by atoms with Gasteiger partial charge in [0.25, 0.3) is 6.71 Å². The largest absolute Gasteiger partial charge is 0.311 e. The second-order valence-corrected chi connectivity index (χ2v) is 31.2. The van der Waals surface area contributed by atoms with E-state index in [1.165, 1.54) is 153 Å². The highest BCUT2D eigenvalue weighted by atomic mass is 32.1. The molecule has 0 amide bonds. The lowest BCUT2D eigenvalue weighted by molar-refractivity contribution is 0.589. The van der Waals surface area contributed by atoms with Gasteiger partial charge in [-0.15, -0.1) is 22.7 Å². The minimum Gasteiger partial charge on any atom is -0.311 e. The van der Waals surface area contributed by atoms with Crippen LogP contribution in [0.1, 0.15) is 154 Å². The first-order valence-corrected chi connectivity index (χ1v) is 32.0. The monoisotopic (exact) mass is 1120 g/mol. The van der Waals surface area contributed by atoms with E-state index in [1.807, 2.05) is 22.7 Å². The average molecular weight is 1120 g/mol. The summed E-state index contributed by atoms with van der Waals surface area (Å²) in [7, 11) is 0.